The number of aromatic amines is 2. The molecule has 0 saturated heterocycles. The van der Waals surface area contributed by atoms with E-state index in [1.807, 2.05) is 30.3 Å². The van der Waals surface area contributed by atoms with Gasteiger partial charge in [-0.05, 0) is 30.2 Å². The van der Waals surface area contributed by atoms with Crippen molar-refractivity contribution in [2.24, 2.45) is 0 Å². The van der Waals surface area contributed by atoms with Crippen molar-refractivity contribution in [3.8, 4) is 22.5 Å². The largest absolute Gasteiger partial charge is 0.417 e. The van der Waals surface area contributed by atoms with Gasteiger partial charge in [0.1, 0.15) is 0 Å². The van der Waals surface area contributed by atoms with E-state index >= 15 is 0 Å². The first kappa shape index (κ1) is 15.1. The third kappa shape index (κ3) is 2.78. The first-order valence-corrected chi connectivity index (χ1v) is 7.97. The maximum Gasteiger partial charge on any atom is 0.417 e. The summed E-state index contributed by atoms with van der Waals surface area (Å²) in [6, 6.07) is 15.0. The van der Waals surface area contributed by atoms with E-state index in [0.29, 0.717) is 28.1 Å². The van der Waals surface area contributed by atoms with Gasteiger partial charge in [-0.3, -0.25) is 4.98 Å². The Balaban J connectivity index is 1.89. The molecule has 2 aromatic heterocycles. The summed E-state index contributed by atoms with van der Waals surface area (Å²) in [6.45, 7) is 2.07. The van der Waals surface area contributed by atoms with Gasteiger partial charge < -0.3 is 9.40 Å². The van der Waals surface area contributed by atoms with Gasteiger partial charge in [0, 0.05) is 11.1 Å². The molecule has 0 atom stereocenters. The van der Waals surface area contributed by atoms with Gasteiger partial charge in [-0.1, -0.05) is 37.3 Å². The maximum absolute atomic E-state index is 12.1. The van der Waals surface area contributed by atoms with E-state index in [1.165, 1.54) is 0 Å². The van der Waals surface area contributed by atoms with Gasteiger partial charge in [0.05, 0.1) is 16.9 Å². The number of benzene rings is 2. The fourth-order valence-electron chi connectivity index (χ4n) is 2.95. The molecule has 124 valence electrons. The molecule has 0 aliphatic heterocycles. The minimum Gasteiger partial charge on any atom is -0.408 e. The van der Waals surface area contributed by atoms with Crippen LogP contribution in [0.2, 0.25) is 0 Å². The Kier molecular flexibility index (Phi) is 3.57. The monoisotopic (exact) mass is 333 g/mol. The van der Waals surface area contributed by atoms with Crippen molar-refractivity contribution in [2.75, 3.05) is 0 Å². The zero-order chi connectivity index (χ0) is 17.4. The van der Waals surface area contributed by atoms with Crippen LogP contribution in [-0.4, -0.2) is 15.0 Å². The van der Waals surface area contributed by atoms with Crippen LogP contribution >= 0.6 is 0 Å². The summed E-state index contributed by atoms with van der Waals surface area (Å²) in [7, 11) is 0. The van der Waals surface area contributed by atoms with Crippen molar-refractivity contribution in [3.63, 3.8) is 0 Å². The van der Waals surface area contributed by atoms with Crippen LogP contribution in [-0.2, 0) is 6.42 Å². The van der Waals surface area contributed by atoms with Crippen LogP contribution in [0.15, 0.2) is 62.5 Å². The van der Waals surface area contributed by atoms with E-state index in [0.717, 1.165) is 17.5 Å². The van der Waals surface area contributed by atoms with Gasteiger partial charge in [-0.15, -0.1) is 0 Å². The number of hydrogen-bond donors (Lipinski definition) is 2. The number of H-pyrrole nitrogens is 2. The molecule has 2 aromatic carbocycles. The molecule has 0 aliphatic carbocycles. The van der Waals surface area contributed by atoms with Crippen molar-refractivity contribution < 1.29 is 4.42 Å². The van der Waals surface area contributed by atoms with Gasteiger partial charge in [-0.2, -0.15) is 4.98 Å². The Bertz CT molecular complexity index is 1180. The average molecular weight is 333 g/mol. The number of hydrogen-bond acceptors (Lipinski definition) is 4. The first-order valence-electron chi connectivity index (χ1n) is 7.97. The molecular formula is C19H15N3O3. The predicted octanol–water partition coefficient (Wildman–Crippen LogP) is 3.10. The van der Waals surface area contributed by atoms with E-state index in [-0.39, 0.29) is 0 Å². The summed E-state index contributed by atoms with van der Waals surface area (Å²) >= 11 is 0. The van der Waals surface area contributed by atoms with Crippen LogP contribution in [0.4, 0.5) is 0 Å². The molecule has 0 spiro atoms. The molecule has 6 nitrogen and oxygen atoms in total. The van der Waals surface area contributed by atoms with Crippen molar-refractivity contribution in [1.29, 1.82) is 0 Å². The summed E-state index contributed by atoms with van der Waals surface area (Å²) in [4.78, 5) is 32.8. The highest BCUT2D eigenvalue weighted by atomic mass is 16.4. The number of rotatable bonds is 3. The summed E-state index contributed by atoms with van der Waals surface area (Å²) in [6.07, 6.45) is 0.857. The molecule has 0 bridgehead atoms. The second kappa shape index (κ2) is 5.90. The Morgan fingerprint density at radius 1 is 1.04 bits per heavy atom. The summed E-state index contributed by atoms with van der Waals surface area (Å²) < 4.78 is 5.09. The highest BCUT2D eigenvalue weighted by Gasteiger charge is 2.10. The molecule has 0 saturated carbocycles. The van der Waals surface area contributed by atoms with Gasteiger partial charge in [0.15, 0.2) is 5.58 Å². The van der Waals surface area contributed by atoms with Crippen LogP contribution in [0.25, 0.3) is 33.6 Å². The Labute approximate surface area is 142 Å². The number of fused-ring (bicyclic) bond motifs is 1. The average Bonchev–Trinajstić information content (AvgIpc) is 3.00. The lowest BCUT2D eigenvalue weighted by Gasteiger charge is -2.09. The smallest absolute Gasteiger partial charge is 0.408 e. The number of nitrogens with one attached hydrogen (secondary N) is 2. The third-order valence-corrected chi connectivity index (χ3v) is 4.15. The normalized spacial score (nSPS) is 11.1. The zero-order valence-electron chi connectivity index (χ0n) is 13.5. The van der Waals surface area contributed by atoms with Crippen LogP contribution in [0.1, 0.15) is 12.5 Å². The second-order valence-corrected chi connectivity index (χ2v) is 5.72. The van der Waals surface area contributed by atoms with E-state index < -0.39 is 11.4 Å². The highest BCUT2D eigenvalue weighted by Crippen LogP contribution is 2.26. The Hall–Kier alpha value is -3.41. The van der Waals surface area contributed by atoms with Gasteiger partial charge in [-0.25, -0.2) is 9.59 Å². The molecule has 2 N–H and O–H groups in total. The SMILES string of the molecule is CCc1ccccc1-c1cc(-c2ccc3[nH]c(=O)oc3c2)nc(=O)[nH]1. The predicted molar refractivity (Wildman–Crippen MR) is 95.5 cm³/mol. The molecule has 25 heavy (non-hydrogen) atoms. The maximum atomic E-state index is 12.1. The van der Waals surface area contributed by atoms with E-state index in [1.54, 1.807) is 18.2 Å². The van der Waals surface area contributed by atoms with Crippen molar-refractivity contribution in [1.82, 2.24) is 15.0 Å². The van der Waals surface area contributed by atoms with Gasteiger partial charge in [0.2, 0.25) is 0 Å². The van der Waals surface area contributed by atoms with Crippen molar-refractivity contribution >= 4 is 11.1 Å². The van der Waals surface area contributed by atoms with Gasteiger partial charge >= 0.3 is 11.4 Å². The molecule has 2 heterocycles. The molecule has 0 aliphatic rings. The highest BCUT2D eigenvalue weighted by molar-refractivity contribution is 5.80. The van der Waals surface area contributed by atoms with E-state index in [9.17, 15) is 9.59 Å². The fourth-order valence-corrected chi connectivity index (χ4v) is 2.95. The minimum atomic E-state index is -0.511. The standard InChI is InChI=1S/C19H15N3O3/c1-2-11-5-3-4-6-13(11)16-10-15(20-18(23)21-16)12-7-8-14-17(9-12)25-19(24)22-14/h3-10H,2H2,1H3,(H,22,24)(H,20,21,23). The molecular weight excluding hydrogens is 318 g/mol. The number of nitrogens with zero attached hydrogens (tertiary/aromatic N) is 1. The third-order valence-electron chi connectivity index (χ3n) is 4.15. The lowest BCUT2D eigenvalue weighted by atomic mass is 10.0. The molecule has 4 aromatic rings. The van der Waals surface area contributed by atoms with Gasteiger partial charge in [0.25, 0.3) is 0 Å². The lowest BCUT2D eigenvalue weighted by molar-refractivity contribution is 0.555. The number of aryl methyl sites for hydroxylation is 1. The first-order chi connectivity index (χ1) is 12.1. The second-order valence-electron chi connectivity index (χ2n) is 5.72. The lowest BCUT2D eigenvalue weighted by Crippen LogP contribution is -2.12. The topological polar surface area (TPSA) is 91.8 Å². The van der Waals surface area contributed by atoms with Crippen molar-refractivity contribution in [2.45, 2.75) is 13.3 Å². The van der Waals surface area contributed by atoms with Crippen LogP contribution in [0.5, 0.6) is 0 Å². The molecule has 4 rings (SSSR count). The fraction of sp³-hybridized carbons (Fsp3) is 0.105. The molecule has 6 heteroatoms. The van der Waals surface area contributed by atoms with E-state index in [2.05, 4.69) is 21.9 Å². The van der Waals surface area contributed by atoms with Crippen molar-refractivity contribution in [3.05, 3.63) is 75.1 Å². The molecule has 0 fully saturated rings. The molecule has 0 unspecified atom stereocenters. The minimum absolute atomic E-state index is 0.422. The summed E-state index contributed by atoms with van der Waals surface area (Å²) in [5.41, 5.74) is 4.67. The quantitative estimate of drug-likeness (QED) is 0.602. The van der Waals surface area contributed by atoms with Crippen LogP contribution < -0.4 is 11.4 Å². The molecule has 0 radical (unpaired) electrons. The Morgan fingerprint density at radius 3 is 2.72 bits per heavy atom. The van der Waals surface area contributed by atoms with Crippen LogP contribution in [0.3, 0.4) is 0 Å². The summed E-state index contributed by atoms with van der Waals surface area (Å²) in [5.74, 6) is -0.511. The number of oxazole rings is 1. The zero-order valence-corrected chi connectivity index (χ0v) is 13.5. The van der Waals surface area contributed by atoms with Crippen LogP contribution in [0, 0.1) is 0 Å². The van der Waals surface area contributed by atoms with E-state index in [4.69, 9.17) is 4.42 Å². The Morgan fingerprint density at radius 2 is 1.88 bits per heavy atom. The molecule has 0 amide bonds. The number of aromatic nitrogens is 3. The summed E-state index contributed by atoms with van der Waals surface area (Å²) in [5, 5.41) is 0.